The lowest BCUT2D eigenvalue weighted by molar-refractivity contribution is -0.323. The summed E-state index contributed by atoms with van der Waals surface area (Å²) in [5.41, 5.74) is 14.3. The Kier molecular flexibility index (Phi) is 3.72. The highest BCUT2D eigenvalue weighted by Crippen LogP contribution is 2.37. The van der Waals surface area contributed by atoms with E-state index >= 15 is 0 Å². The van der Waals surface area contributed by atoms with Gasteiger partial charge in [0.15, 0.2) is 4.83 Å². The summed E-state index contributed by atoms with van der Waals surface area (Å²) >= 11 is 1.27. The number of pyridine rings is 1. The van der Waals surface area contributed by atoms with Gasteiger partial charge in [-0.25, -0.2) is 4.98 Å². The smallest absolute Gasteiger partial charge is 0.289 e. The molecule has 0 saturated carbocycles. The van der Waals surface area contributed by atoms with Crippen LogP contribution in [0, 0.1) is 11.3 Å². The number of thiophene rings is 1. The van der Waals surface area contributed by atoms with Gasteiger partial charge >= 0.3 is 0 Å². The molecular formula is C17H15N4OS+. The Bertz CT molecular complexity index is 954. The van der Waals surface area contributed by atoms with Crippen LogP contribution in [0.4, 0.5) is 11.5 Å². The molecule has 3 rings (SSSR count). The van der Waals surface area contributed by atoms with Gasteiger partial charge in [-0.1, -0.05) is 48.6 Å². The second kappa shape index (κ2) is 5.71. The third-order valence-corrected chi connectivity index (χ3v) is 4.89. The predicted octanol–water partition coefficient (Wildman–Crippen LogP) is 2.54. The van der Waals surface area contributed by atoms with Crippen LogP contribution in [0.25, 0.3) is 10.2 Å². The van der Waals surface area contributed by atoms with Gasteiger partial charge in [0.2, 0.25) is 5.78 Å². The molecule has 3 aromatic rings. The van der Waals surface area contributed by atoms with Crippen LogP contribution in [0.5, 0.6) is 0 Å². The van der Waals surface area contributed by atoms with Gasteiger partial charge in [-0.05, 0) is 12.0 Å². The molecule has 0 radical (unpaired) electrons. The first-order valence-electron chi connectivity index (χ1n) is 7.13. The second-order valence-corrected chi connectivity index (χ2v) is 6.12. The Labute approximate surface area is 137 Å². The van der Waals surface area contributed by atoms with E-state index in [-0.39, 0.29) is 5.78 Å². The molecule has 0 amide bonds. The molecule has 6 heteroatoms. The first-order chi connectivity index (χ1) is 11.1. The van der Waals surface area contributed by atoms with E-state index in [1.165, 1.54) is 11.3 Å². The van der Waals surface area contributed by atoms with Crippen molar-refractivity contribution in [2.24, 2.45) is 0 Å². The van der Waals surface area contributed by atoms with Crippen LogP contribution in [-0.4, -0.2) is 5.78 Å². The molecule has 0 fully saturated rings. The Morgan fingerprint density at radius 3 is 2.61 bits per heavy atom. The minimum absolute atomic E-state index is 0.128. The molecule has 0 aliphatic rings. The summed E-state index contributed by atoms with van der Waals surface area (Å²) in [6, 6.07) is 11.1. The lowest BCUT2D eigenvalue weighted by atomic mass is 10.0. The lowest BCUT2D eigenvalue weighted by Crippen LogP contribution is -2.14. The lowest BCUT2D eigenvalue weighted by Gasteiger charge is -2.03. The molecule has 0 saturated heterocycles. The van der Waals surface area contributed by atoms with Crippen LogP contribution in [0.1, 0.15) is 33.3 Å². The number of nitrogens with two attached hydrogens (primary N) is 2. The standard InChI is InChI=1S/C17H14N4OS/c1-2-10-11(8-18)16(20)21-17-12(10)13(19)15(23-17)14(22)9-6-4-3-5-7-9/h3-7H,2,19H2,1H3,(H2,20,21)/p+1. The topological polar surface area (TPSA) is 107 Å². The summed E-state index contributed by atoms with van der Waals surface area (Å²) in [6.45, 7) is 1.94. The maximum Gasteiger partial charge on any atom is 0.289 e. The number of benzene rings is 1. The van der Waals surface area contributed by atoms with Crippen molar-refractivity contribution in [3.63, 3.8) is 0 Å². The number of nitriles is 1. The van der Waals surface area contributed by atoms with Crippen LogP contribution >= 0.6 is 11.3 Å². The molecule has 114 valence electrons. The SMILES string of the molecule is CCc1c(C#N)c(N)[nH+]c2sc(C(=O)c3ccccc3)c(N)c12. The molecule has 23 heavy (non-hydrogen) atoms. The average Bonchev–Trinajstić information content (AvgIpc) is 2.90. The monoisotopic (exact) mass is 323 g/mol. The summed E-state index contributed by atoms with van der Waals surface area (Å²) in [5.74, 6) is 0.175. The number of ketones is 1. The number of carbonyl (C=O) groups excluding carboxylic acids is 1. The summed E-state index contributed by atoms with van der Waals surface area (Å²) in [6.07, 6.45) is 0.609. The Balaban J connectivity index is 2.28. The number of H-pyrrole nitrogens is 1. The highest BCUT2D eigenvalue weighted by molar-refractivity contribution is 7.21. The van der Waals surface area contributed by atoms with Crippen molar-refractivity contribution in [2.75, 3.05) is 11.5 Å². The quantitative estimate of drug-likeness (QED) is 0.722. The van der Waals surface area contributed by atoms with Gasteiger partial charge in [-0.2, -0.15) is 5.26 Å². The zero-order valence-electron chi connectivity index (χ0n) is 12.5. The Hall–Kier alpha value is -2.91. The number of rotatable bonds is 3. The number of aryl methyl sites for hydroxylation is 1. The molecule has 0 aliphatic carbocycles. The van der Waals surface area contributed by atoms with Gasteiger partial charge in [0, 0.05) is 5.56 Å². The van der Waals surface area contributed by atoms with E-state index in [2.05, 4.69) is 11.1 Å². The second-order valence-electron chi connectivity index (χ2n) is 5.10. The fourth-order valence-corrected chi connectivity index (χ4v) is 3.80. The van der Waals surface area contributed by atoms with E-state index in [1.807, 2.05) is 25.1 Å². The number of hydrogen-bond donors (Lipinski definition) is 2. The number of nitrogens with zero attached hydrogens (tertiary/aromatic N) is 1. The van der Waals surface area contributed by atoms with Crippen LogP contribution in [-0.2, 0) is 6.42 Å². The maximum atomic E-state index is 12.7. The molecule has 5 N–H and O–H groups in total. The summed E-state index contributed by atoms with van der Waals surface area (Å²) in [5, 5.41) is 10.0. The molecule has 0 bridgehead atoms. The molecule has 5 nitrogen and oxygen atoms in total. The molecule has 0 unspecified atom stereocenters. The van der Waals surface area contributed by atoms with Gasteiger partial charge in [0.1, 0.15) is 16.5 Å². The highest BCUT2D eigenvalue weighted by atomic mass is 32.1. The minimum atomic E-state index is -0.128. The van der Waals surface area contributed by atoms with E-state index in [0.29, 0.717) is 33.9 Å². The largest absolute Gasteiger partial charge is 0.397 e. The molecule has 2 heterocycles. The van der Waals surface area contributed by atoms with Crippen molar-refractivity contribution < 1.29 is 9.78 Å². The number of aromatic amines is 1. The van der Waals surface area contributed by atoms with E-state index in [4.69, 9.17) is 11.5 Å². The minimum Gasteiger partial charge on any atom is -0.397 e. The van der Waals surface area contributed by atoms with E-state index < -0.39 is 0 Å². The first-order valence-corrected chi connectivity index (χ1v) is 7.95. The van der Waals surface area contributed by atoms with Crippen molar-refractivity contribution >= 4 is 38.8 Å². The Morgan fingerprint density at radius 1 is 1.30 bits per heavy atom. The number of nitrogen functional groups attached to an aromatic ring is 2. The number of nitrogens with one attached hydrogen (secondary N) is 1. The molecule has 0 spiro atoms. The molecular weight excluding hydrogens is 308 g/mol. The normalized spacial score (nSPS) is 10.6. The van der Waals surface area contributed by atoms with Crippen LogP contribution in [0.3, 0.4) is 0 Å². The summed E-state index contributed by atoms with van der Waals surface area (Å²) in [7, 11) is 0. The third kappa shape index (κ3) is 2.31. The van der Waals surface area contributed by atoms with Crippen LogP contribution in [0.2, 0.25) is 0 Å². The van der Waals surface area contributed by atoms with E-state index in [9.17, 15) is 10.1 Å². The fraction of sp³-hybridized carbons (Fsp3) is 0.118. The van der Waals surface area contributed by atoms with E-state index in [1.54, 1.807) is 12.1 Å². The number of carbonyl (C=O) groups is 1. The van der Waals surface area contributed by atoms with Crippen LogP contribution in [0.15, 0.2) is 30.3 Å². The molecule has 1 aromatic carbocycles. The maximum absolute atomic E-state index is 12.7. The highest BCUT2D eigenvalue weighted by Gasteiger charge is 2.25. The first kappa shape index (κ1) is 15.0. The Morgan fingerprint density at radius 2 is 2.00 bits per heavy atom. The van der Waals surface area contributed by atoms with Crippen LogP contribution < -0.4 is 16.5 Å². The summed E-state index contributed by atoms with van der Waals surface area (Å²) < 4.78 is 0. The van der Waals surface area contributed by atoms with Gasteiger partial charge < -0.3 is 5.73 Å². The van der Waals surface area contributed by atoms with Crippen molar-refractivity contribution in [1.29, 1.82) is 5.26 Å². The number of aromatic nitrogens is 1. The van der Waals surface area contributed by atoms with Gasteiger partial charge in [0.25, 0.3) is 5.82 Å². The zero-order valence-corrected chi connectivity index (χ0v) is 13.3. The third-order valence-electron chi connectivity index (χ3n) is 3.77. The fourth-order valence-electron chi connectivity index (χ4n) is 2.67. The van der Waals surface area contributed by atoms with Gasteiger partial charge in [-0.15, -0.1) is 0 Å². The number of anilines is 2. The predicted molar refractivity (Wildman–Crippen MR) is 91.2 cm³/mol. The van der Waals surface area contributed by atoms with Crippen molar-refractivity contribution in [3.8, 4) is 6.07 Å². The molecule has 2 aromatic heterocycles. The van der Waals surface area contributed by atoms with E-state index in [0.717, 1.165) is 15.8 Å². The average molecular weight is 323 g/mol. The summed E-state index contributed by atoms with van der Waals surface area (Å²) in [4.78, 5) is 16.9. The molecule has 0 aliphatic heterocycles. The van der Waals surface area contributed by atoms with Crippen molar-refractivity contribution in [1.82, 2.24) is 0 Å². The molecule has 0 atom stereocenters. The number of fused-ring (bicyclic) bond motifs is 1. The zero-order chi connectivity index (χ0) is 16.6. The van der Waals surface area contributed by atoms with Crippen molar-refractivity contribution in [3.05, 3.63) is 51.9 Å². The number of hydrogen-bond acceptors (Lipinski definition) is 5. The van der Waals surface area contributed by atoms with Gasteiger partial charge in [0.05, 0.1) is 11.1 Å². The van der Waals surface area contributed by atoms with Crippen molar-refractivity contribution in [2.45, 2.75) is 13.3 Å². The van der Waals surface area contributed by atoms with Gasteiger partial charge in [-0.3, -0.25) is 10.5 Å².